The number of imide groups is 1. The maximum atomic E-state index is 13.4. The first-order chi connectivity index (χ1) is 22.8. The van der Waals surface area contributed by atoms with Crippen molar-refractivity contribution in [2.75, 3.05) is 63.8 Å². The third kappa shape index (κ3) is 7.79. The van der Waals surface area contributed by atoms with Gasteiger partial charge in [0.05, 0.1) is 0 Å². The van der Waals surface area contributed by atoms with Crippen molar-refractivity contribution >= 4 is 39.7 Å². The number of anilines is 1. The molecular weight excluding hydrogens is 638 g/mol. The van der Waals surface area contributed by atoms with Crippen molar-refractivity contribution in [3.63, 3.8) is 0 Å². The highest BCUT2D eigenvalue weighted by atomic mass is 32.2. The van der Waals surface area contributed by atoms with Gasteiger partial charge in [0.1, 0.15) is 11.6 Å². The number of ether oxygens (including phenoxy) is 1. The number of benzene rings is 1. The molecule has 5 aliphatic heterocycles. The molecule has 48 heavy (non-hydrogen) atoms. The van der Waals surface area contributed by atoms with E-state index in [-0.39, 0.29) is 24.3 Å². The van der Waals surface area contributed by atoms with Gasteiger partial charge in [-0.1, -0.05) is 0 Å². The lowest BCUT2D eigenvalue weighted by Gasteiger charge is -2.40. The van der Waals surface area contributed by atoms with Gasteiger partial charge in [0.15, 0.2) is 0 Å². The van der Waals surface area contributed by atoms with E-state index in [4.69, 9.17) is 4.74 Å². The topological polar surface area (TPSA) is 152 Å². The van der Waals surface area contributed by atoms with Gasteiger partial charge in [0, 0.05) is 89.2 Å². The highest BCUT2D eigenvalue weighted by Gasteiger charge is 2.40. The Labute approximate surface area is 283 Å². The van der Waals surface area contributed by atoms with Gasteiger partial charge in [-0.2, -0.15) is 17.0 Å². The van der Waals surface area contributed by atoms with Gasteiger partial charge in [-0.15, -0.1) is 0 Å². The number of rotatable bonds is 7. The van der Waals surface area contributed by atoms with Crippen LogP contribution in [0.5, 0.6) is 0 Å². The number of hydrogen-bond donors (Lipinski definition) is 2. The standard InChI is InChI=1S/C33H49N7O7S/c1-33(2,3)47-32(44)34-25-10-14-39(15-11-25)48(45,46)38-12-8-23(9-13-38)21-36-16-18-37(19-17-36)26-4-5-27-24(20-26)22-40(31(27)43)28-6-7-29(41)35-30(28)42/h4-5,20,23,25,28H,6-19,21-22H2,1-3H3,(H,34,44)(H,35,41,42). The molecule has 4 fully saturated rings. The van der Waals surface area contributed by atoms with Crippen molar-refractivity contribution in [1.82, 2.24) is 29.0 Å². The van der Waals surface area contributed by atoms with Gasteiger partial charge in [-0.3, -0.25) is 24.6 Å². The molecule has 15 heteroatoms. The van der Waals surface area contributed by atoms with Crippen LogP contribution in [-0.2, 0) is 31.1 Å². The average Bonchev–Trinajstić information content (AvgIpc) is 3.36. The van der Waals surface area contributed by atoms with E-state index in [1.54, 1.807) is 13.5 Å². The summed E-state index contributed by atoms with van der Waals surface area (Å²) >= 11 is 0. The average molecular weight is 688 g/mol. The molecule has 0 radical (unpaired) electrons. The predicted molar refractivity (Wildman–Crippen MR) is 178 cm³/mol. The minimum absolute atomic E-state index is 0.0975. The number of nitrogens with zero attached hydrogens (tertiary/aromatic N) is 5. The third-order valence-electron chi connectivity index (χ3n) is 10.2. The zero-order valence-electron chi connectivity index (χ0n) is 28.3. The van der Waals surface area contributed by atoms with Crippen molar-refractivity contribution in [2.24, 2.45) is 5.92 Å². The lowest BCUT2D eigenvalue weighted by atomic mass is 9.97. The summed E-state index contributed by atoms with van der Waals surface area (Å²) < 4.78 is 35.3. The van der Waals surface area contributed by atoms with Crippen LogP contribution >= 0.6 is 0 Å². The second-order valence-corrected chi connectivity index (χ2v) is 16.6. The van der Waals surface area contributed by atoms with Crippen LogP contribution in [0.4, 0.5) is 10.5 Å². The molecule has 0 spiro atoms. The molecule has 1 atom stereocenters. The summed E-state index contributed by atoms with van der Waals surface area (Å²) in [4.78, 5) is 55.5. The van der Waals surface area contributed by atoms with Crippen molar-refractivity contribution in [1.29, 1.82) is 0 Å². The smallest absolute Gasteiger partial charge is 0.407 e. The van der Waals surface area contributed by atoms with Crippen LogP contribution < -0.4 is 15.5 Å². The summed E-state index contributed by atoms with van der Waals surface area (Å²) in [6.45, 7) is 12.1. The summed E-state index contributed by atoms with van der Waals surface area (Å²) in [7, 11) is -3.54. The summed E-state index contributed by atoms with van der Waals surface area (Å²) in [5.74, 6) is -0.412. The van der Waals surface area contributed by atoms with Crippen LogP contribution in [0.2, 0.25) is 0 Å². The minimum Gasteiger partial charge on any atom is -0.444 e. The Kier molecular flexibility index (Phi) is 10.0. The summed E-state index contributed by atoms with van der Waals surface area (Å²) in [5, 5.41) is 5.22. The fourth-order valence-corrected chi connectivity index (χ4v) is 9.17. The van der Waals surface area contributed by atoms with Gasteiger partial charge >= 0.3 is 6.09 Å². The molecule has 1 aromatic rings. The van der Waals surface area contributed by atoms with Crippen molar-refractivity contribution in [2.45, 2.75) is 83.5 Å². The first kappa shape index (κ1) is 34.6. The SMILES string of the molecule is CC(C)(C)OC(=O)NC1CCN(S(=O)(=O)N2CCC(CN3CCN(c4ccc5c(c4)CN(C4CCC(=O)NC4=O)C5=O)CC3)CC2)CC1. The van der Waals surface area contributed by atoms with E-state index in [1.807, 2.05) is 32.9 Å². The van der Waals surface area contributed by atoms with Crippen LogP contribution in [0, 0.1) is 5.92 Å². The van der Waals surface area contributed by atoms with Gasteiger partial charge in [-0.25, -0.2) is 4.79 Å². The molecule has 6 rings (SSSR count). The summed E-state index contributed by atoms with van der Waals surface area (Å²) in [5.41, 5.74) is 2.02. The molecule has 5 heterocycles. The minimum atomic E-state index is -3.54. The molecule has 1 unspecified atom stereocenters. The molecule has 0 aliphatic carbocycles. The zero-order chi connectivity index (χ0) is 34.2. The monoisotopic (exact) mass is 687 g/mol. The summed E-state index contributed by atoms with van der Waals surface area (Å²) in [6.07, 6.45) is 2.91. The van der Waals surface area contributed by atoms with Gasteiger partial charge in [0.25, 0.3) is 16.1 Å². The first-order valence-electron chi connectivity index (χ1n) is 17.3. The molecule has 14 nitrogen and oxygen atoms in total. The molecule has 5 aliphatic rings. The van der Waals surface area contributed by atoms with Crippen LogP contribution in [0.15, 0.2) is 18.2 Å². The zero-order valence-corrected chi connectivity index (χ0v) is 29.1. The highest BCUT2D eigenvalue weighted by molar-refractivity contribution is 7.86. The fraction of sp³-hybridized carbons (Fsp3) is 0.697. The molecule has 0 bridgehead atoms. The summed E-state index contributed by atoms with van der Waals surface area (Å²) in [6, 6.07) is 5.19. The molecule has 4 saturated heterocycles. The Balaban J connectivity index is 0.927. The Bertz CT molecular complexity index is 1510. The van der Waals surface area contributed by atoms with Gasteiger partial charge < -0.3 is 19.9 Å². The number of nitrogens with one attached hydrogen (secondary N) is 2. The second-order valence-electron chi connectivity index (χ2n) is 14.7. The van der Waals surface area contributed by atoms with E-state index in [2.05, 4.69) is 26.5 Å². The number of carbonyl (C=O) groups is 4. The molecule has 0 aromatic heterocycles. The van der Waals surface area contributed by atoms with Crippen LogP contribution in [0.3, 0.4) is 0 Å². The van der Waals surface area contributed by atoms with Gasteiger partial charge in [0.2, 0.25) is 11.8 Å². The lowest BCUT2D eigenvalue weighted by molar-refractivity contribution is -0.136. The van der Waals surface area contributed by atoms with E-state index < -0.39 is 33.9 Å². The first-order valence-corrected chi connectivity index (χ1v) is 18.7. The van der Waals surface area contributed by atoms with Crippen LogP contribution in [0.25, 0.3) is 0 Å². The maximum absolute atomic E-state index is 13.4. The number of piperazine rings is 1. The predicted octanol–water partition coefficient (Wildman–Crippen LogP) is 1.52. The number of hydrogen-bond acceptors (Lipinski definition) is 9. The molecule has 0 saturated carbocycles. The van der Waals surface area contributed by atoms with E-state index in [0.717, 1.165) is 56.8 Å². The third-order valence-corrected chi connectivity index (χ3v) is 12.2. The van der Waals surface area contributed by atoms with E-state index >= 15 is 0 Å². The molecule has 4 amide bonds. The van der Waals surface area contributed by atoms with E-state index in [1.165, 1.54) is 0 Å². The Morgan fingerprint density at radius 2 is 1.56 bits per heavy atom. The number of carbonyl (C=O) groups excluding carboxylic acids is 4. The van der Waals surface area contributed by atoms with Crippen molar-refractivity contribution in [3.05, 3.63) is 29.3 Å². The maximum Gasteiger partial charge on any atom is 0.407 e. The highest BCUT2D eigenvalue weighted by Crippen LogP contribution is 2.31. The normalized spacial score (nSPS) is 24.5. The van der Waals surface area contributed by atoms with E-state index in [0.29, 0.717) is 63.5 Å². The molecule has 264 valence electrons. The van der Waals surface area contributed by atoms with Crippen molar-refractivity contribution in [3.8, 4) is 0 Å². The molecular formula is C33H49N7O7S. The number of piperidine rings is 3. The Hall–Kier alpha value is -3.27. The quantitative estimate of drug-likeness (QED) is 0.407. The lowest BCUT2D eigenvalue weighted by Crippen LogP contribution is -2.53. The fourth-order valence-electron chi connectivity index (χ4n) is 7.50. The second kappa shape index (κ2) is 13.9. The Morgan fingerprint density at radius 3 is 2.19 bits per heavy atom. The van der Waals surface area contributed by atoms with Crippen LogP contribution in [-0.4, -0.2) is 127 Å². The molecule has 2 N–H and O–H groups in total. The van der Waals surface area contributed by atoms with E-state index in [9.17, 15) is 27.6 Å². The van der Waals surface area contributed by atoms with Crippen LogP contribution in [0.1, 0.15) is 75.2 Å². The van der Waals surface area contributed by atoms with Gasteiger partial charge in [-0.05, 0) is 82.6 Å². The number of amides is 4. The Morgan fingerprint density at radius 1 is 0.917 bits per heavy atom. The molecule has 1 aromatic carbocycles. The largest absolute Gasteiger partial charge is 0.444 e. The number of fused-ring (bicyclic) bond motifs is 1. The van der Waals surface area contributed by atoms with Crippen molar-refractivity contribution < 1.29 is 32.3 Å². The number of alkyl carbamates (subject to hydrolysis) is 1.